The lowest BCUT2D eigenvalue weighted by Crippen LogP contribution is -2.27. The predicted octanol–water partition coefficient (Wildman–Crippen LogP) is 4.37. The van der Waals surface area contributed by atoms with Gasteiger partial charge in [0.25, 0.3) is 0 Å². The van der Waals surface area contributed by atoms with E-state index in [2.05, 4.69) is 4.72 Å². The van der Waals surface area contributed by atoms with Crippen molar-refractivity contribution >= 4 is 39.0 Å². The first-order valence-electron chi connectivity index (χ1n) is 6.89. The molecule has 0 radical (unpaired) electrons. The van der Waals surface area contributed by atoms with Crippen LogP contribution in [-0.2, 0) is 10.0 Å². The maximum absolute atomic E-state index is 13.6. The van der Waals surface area contributed by atoms with Crippen LogP contribution < -0.4 is 4.72 Å². The van der Waals surface area contributed by atoms with Gasteiger partial charge in [-0.2, -0.15) is 0 Å². The van der Waals surface area contributed by atoms with Gasteiger partial charge in [-0.3, -0.25) is 4.79 Å². The molecule has 0 saturated carbocycles. The minimum absolute atomic E-state index is 0.00934. The highest BCUT2D eigenvalue weighted by Crippen LogP contribution is 2.29. The van der Waals surface area contributed by atoms with Crippen LogP contribution >= 0.6 is 23.2 Å². The van der Waals surface area contributed by atoms with E-state index >= 15 is 0 Å². The summed E-state index contributed by atoms with van der Waals surface area (Å²) in [4.78, 5) is 11.2. The zero-order valence-electron chi connectivity index (χ0n) is 12.8. The van der Waals surface area contributed by atoms with E-state index in [4.69, 9.17) is 23.2 Å². The van der Waals surface area contributed by atoms with Crippen LogP contribution in [0.4, 0.5) is 4.39 Å². The average Bonchev–Trinajstić information content (AvgIpc) is 2.50. The van der Waals surface area contributed by atoms with Crippen molar-refractivity contribution < 1.29 is 17.6 Å². The molecule has 0 aliphatic heterocycles. The first-order valence-corrected chi connectivity index (χ1v) is 9.13. The first-order chi connectivity index (χ1) is 11.1. The fourth-order valence-electron chi connectivity index (χ4n) is 2.10. The number of nitrogens with one attached hydrogen (secondary N) is 1. The van der Waals surface area contributed by atoms with Gasteiger partial charge in [-0.05, 0) is 43.7 Å². The Morgan fingerprint density at radius 3 is 2.25 bits per heavy atom. The Morgan fingerprint density at radius 1 is 1.12 bits per heavy atom. The molecule has 0 heterocycles. The van der Waals surface area contributed by atoms with Crippen LogP contribution in [0.2, 0.25) is 10.0 Å². The number of ketones is 1. The molecule has 0 fully saturated rings. The largest absolute Gasteiger partial charge is 0.295 e. The van der Waals surface area contributed by atoms with Gasteiger partial charge in [0.15, 0.2) is 5.78 Å². The van der Waals surface area contributed by atoms with Gasteiger partial charge in [0, 0.05) is 16.6 Å². The van der Waals surface area contributed by atoms with Crippen molar-refractivity contribution in [3.63, 3.8) is 0 Å². The molecule has 8 heteroatoms. The second-order valence-electron chi connectivity index (χ2n) is 5.21. The molecule has 1 atom stereocenters. The standard InChI is InChI=1S/C16H14Cl2FNO3S/c1-9(13-7-16(19)15(18)8-14(13)17)20-24(22,23)12-5-3-11(4-6-12)10(2)21/h3-9,20H,1-2H3/t9-/m0/s1. The lowest BCUT2D eigenvalue weighted by Gasteiger charge is -2.16. The molecule has 0 spiro atoms. The third kappa shape index (κ3) is 4.13. The van der Waals surface area contributed by atoms with E-state index in [9.17, 15) is 17.6 Å². The van der Waals surface area contributed by atoms with Crippen molar-refractivity contribution in [3.8, 4) is 0 Å². The molecule has 0 aromatic heterocycles. The molecule has 0 saturated heterocycles. The Balaban J connectivity index is 2.28. The van der Waals surface area contributed by atoms with E-state index in [0.29, 0.717) is 5.56 Å². The molecule has 0 aliphatic rings. The maximum atomic E-state index is 13.6. The van der Waals surface area contributed by atoms with Crippen LogP contribution in [0.1, 0.15) is 35.8 Å². The van der Waals surface area contributed by atoms with Gasteiger partial charge in [0.1, 0.15) is 5.82 Å². The van der Waals surface area contributed by atoms with E-state index in [-0.39, 0.29) is 26.3 Å². The fraction of sp³-hybridized carbons (Fsp3) is 0.188. The number of rotatable bonds is 5. The number of benzene rings is 2. The predicted molar refractivity (Wildman–Crippen MR) is 91.6 cm³/mol. The second-order valence-corrected chi connectivity index (χ2v) is 7.74. The number of Topliss-reactive ketones (excluding diaryl/α,β-unsaturated/α-hetero) is 1. The minimum Gasteiger partial charge on any atom is -0.295 e. The molecule has 4 nitrogen and oxygen atoms in total. The van der Waals surface area contributed by atoms with Gasteiger partial charge in [0.2, 0.25) is 10.0 Å². The molecule has 0 unspecified atom stereocenters. The van der Waals surface area contributed by atoms with Gasteiger partial charge in [-0.25, -0.2) is 17.5 Å². The Labute approximate surface area is 149 Å². The Morgan fingerprint density at radius 2 is 1.71 bits per heavy atom. The van der Waals surface area contributed by atoms with Crippen LogP contribution in [0, 0.1) is 5.82 Å². The Bertz CT molecular complexity index is 883. The van der Waals surface area contributed by atoms with Crippen molar-refractivity contribution in [1.29, 1.82) is 0 Å². The van der Waals surface area contributed by atoms with E-state index in [1.54, 1.807) is 0 Å². The van der Waals surface area contributed by atoms with Gasteiger partial charge < -0.3 is 0 Å². The topological polar surface area (TPSA) is 63.2 Å². The highest BCUT2D eigenvalue weighted by atomic mass is 35.5. The summed E-state index contributed by atoms with van der Waals surface area (Å²) in [5.41, 5.74) is 0.673. The molecule has 128 valence electrons. The quantitative estimate of drug-likeness (QED) is 0.609. The zero-order valence-corrected chi connectivity index (χ0v) is 15.1. The average molecular weight is 390 g/mol. The highest BCUT2D eigenvalue weighted by molar-refractivity contribution is 7.89. The van der Waals surface area contributed by atoms with Crippen LogP contribution in [-0.4, -0.2) is 14.2 Å². The summed E-state index contributed by atoms with van der Waals surface area (Å²) >= 11 is 11.6. The third-order valence-electron chi connectivity index (χ3n) is 3.41. The van der Waals surface area contributed by atoms with Gasteiger partial charge >= 0.3 is 0 Å². The fourth-order valence-corrected chi connectivity index (χ4v) is 3.87. The monoisotopic (exact) mass is 389 g/mol. The van der Waals surface area contributed by atoms with Gasteiger partial charge in [0.05, 0.1) is 9.92 Å². The molecule has 2 aromatic rings. The second kappa shape index (κ2) is 7.19. The number of hydrogen-bond donors (Lipinski definition) is 1. The van der Waals surface area contributed by atoms with Crippen LogP contribution in [0.15, 0.2) is 41.3 Å². The Kier molecular flexibility index (Phi) is 5.65. The molecular weight excluding hydrogens is 376 g/mol. The van der Waals surface area contributed by atoms with Gasteiger partial charge in [-0.1, -0.05) is 35.3 Å². The minimum atomic E-state index is -3.87. The number of sulfonamides is 1. The molecule has 1 N–H and O–H groups in total. The van der Waals surface area contributed by atoms with E-state index in [1.807, 2.05) is 0 Å². The van der Waals surface area contributed by atoms with Crippen molar-refractivity contribution in [2.75, 3.05) is 0 Å². The van der Waals surface area contributed by atoms with Crippen molar-refractivity contribution in [1.82, 2.24) is 4.72 Å². The summed E-state index contributed by atoms with van der Waals surface area (Å²) in [5, 5.41) is 0.0159. The maximum Gasteiger partial charge on any atom is 0.241 e. The Hall–Kier alpha value is -1.47. The molecule has 0 amide bonds. The third-order valence-corrected chi connectivity index (χ3v) is 5.58. The molecular formula is C16H14Cl2FNO3S. The number of carbonyl (C=O) groups excluding carboxylic acids is 1. The van der Waals surface area contributed by atoms with E-state index in [1.165, 1.54) is 44.2 Å². The molecule has 0 bridgehead atoms. The zero-order chi connectivity index (χ0) is 18.1. The summed E-state index contributed by atoms with van der Waals surface area (Å²) in [6.07, 6.45) is 0. The smallest absolute Gasteiger partial charge is 0.241 e. The summed E-state index contributed by atoms with van der Waals surface area (Å²) in [5.74, 6) is -0.850. The number of hydrogen-bond acceptors (Lipinski definition) is 3. The highest BCUT2D eigenvalue weighted by Gasteiger charge is 2.21. The van der Waals surface area contributed by atoms with Gasteiger partial charge in [-0.15, -0.1) is 0 Å². The van der Waals surface area contributed by atoms with Crippen molar-refractivity contribution in [2.45, 2.75) is 24.8 Å². The van der Waals surface area contributed by atoms with Crippen LogP contribution in [0.5, 0.6) is 0 Å². The van der Waals surface area contributed by atoms with E-state index < -0.39 is 21.9 Å². The lowest BCUT2D eigenvalue weighted by molar-refractivity contribution is 0.101. The molecule has 2 rings (SSSR count). The summed E-state index contributed by atoms with van der Waals surface area (Å²) in [6, 6.07) is 7.05. The first kappa shape index (κ1) is 18.9. The molecule has 2 aromatic carbocycles. The molecule has 0 aliphatic carbocycles. The van der Waals surface area contributed by atoms with Crippen molar-refractivity contribution in [2.24, 2.45) is 0 Å². The van der Waals surface area contributed by atoms with E-state index in [0.717, 1.165) is 6.07 Å². The summed E-state index contributed by atoms with van der Waals surface area (Å²) in [7, 11) is -3.87. The summed E-state index contributed by atoms with van der Waals surface area (Å²) in [6.45, 7) is 2.93. The SMILES string of the molecule is CC(=O)c1ccc(S(=O)(=O)N[C@@H](C)c2cc(F)c(Cl)cc2Cl)cc1. The molecule has 24 heavy (non-hydrogen) atoms. The van der Waals surface area contributed by atoms with Crippen LogP contribution in [0.25, 0.3) is 0 Å². The normalized spacial score (nSPS) is 12.9. The van der Waals surface area contributed by atoms with Crippen molar-refractivity contribution in [3.05, 3.63) is 63.4 Å². The summed E-state index contributed by atoms with van der Waals surface area (Å²) < 4.78 is 40.8. The number of carbonyl (C=O) groups is 1. The number of halogens is 3. The lowest BCUT2D eigenvalue weighted by atomic mass is 10.1. The van der Waals surface area contributed by atoms with Crippen LogP contribution in [0.3, 0.4) is 0 Å².